The van der Waals surface area contributed by atoms with E-state index in [1.807, 2.05) is 0 Å². The average Bonchev–Trinajstić information content (AvgIpc) is 2.72. The molecule has 1 unspecified atom stereocenters. The van der Waals surface area contributed by atoms with Crippen molar-refractivity contribution < 1.29 is 26.8 Å². The molecule has 2 aromatic carbocycles. The first-order chi connectivity index (χ1) is 15.0. The summed E-state index contributed by atoms with van der Waals surface area (Å²) in [5.74, 6) is -2.74. The number of hydrogen-bond donors (Lipinski definition) is 2. The highest BCUT2D eigenvalue weighted by Crippen LogP contribution is 2.25. The zero-order chi connectivity index (χ0) is 23.5. The maximum Gasteiger partial charge on any atom is 0.256 e. The number of carbonyl (C=O) groups excluding carboxylic acids is 2. The quantitative estimate of drug-likeness (QED) is 0.686. The summed E-state index contributed by atoms with van der Waals surface area (Å²) in [7, 11) is -3.47. The lowest BCUT2D eigenvalue weighted by Gasteiger charge is -2.32. The van der Waals surface area contributed by atoms with Crippen LogP contribution in [-0.4, -0.2) is 44.5 Å². The van der Waals surface area contributed by atoms with Crippen molar-refractivity contribution in [3.63, 3.8) is 0 Å². The molecule has 1 fully saturated rings. The number of likely N-dealkylation sites (tertiary alicyclic amines) is 1. The molecule has 0 aliphatic carbocycles. The third-order valence-corrected chi connectivity index (χ3v) is 5.99. The minimum absolute atomic E-state index is 0.196. The zero-order valence-electron chi connectivity index (χ0n) is 17.8. The van der Waals surface area contributed by atoms with Gasteiger partial charge in [-0.3, -0.25) is 14.3 Å². The number of halogens is 2. The lowest BCUT2D eigenvalue weighted by molar-refractivity contribution is -0.126. The highest BCUT2D eigenvalue weighted by atomic mass is 32.2. The number of nitrogens with one attached hydrogen (secondary N) is 2. The van der Waals surface area contributed by atoms with Crippen molar-refractivity contribution in [3.8, 4) is 0 Å². The van der Waals surface area contributed by atoms with E-state index in [1.165, 1.54) is 4.90 Å². The van der Waals surface area contributed by atoms with Gasteiger partial charge in [0.15, 0.2) is 0 Å². The molecule has 0 aromatic heterocycles. The molecule has 1 atom stereocenters. The van der Waals surface area contributed by atoms with Gasteiger partial charge in [0.1, 0.15) is 11.6 Å². The Kier molecular flexibility index (Phi) is 7.12. The summed E-state index contributed by atoms with van der Waals surface area (Å²) < 4.78 is 52.6. The number of nitrogens with zero attached hydrogens (tertiary/aromatic N) is 1. The molecule has 1 saturated heterocycles. The fraction of sp³-hybridized carbons (Fsp3) is 0.364. The molecule has 172 valence electrons. The molecule has 2 N–H and O–H groups in total. The van der Waals surface area contributed by atoms with Crippen LogP contribution in [0.2, 0.25) is 0 Å². The van der Waals surface area contributed by atoms with Crippen molar-refractivity contribution in [2.45, 2.75) is 25.8 Å². The standard InChI is InChI=1S/C22H25F2N3O4S/c1-14(17-5-3-4-6-20(17)26-32(2,30)31)25-21(28)15-9-11-27(12-10-15)22(29)18-8-7-16(23)13-19(18)24/h3-8,13-15,26H,9-12H2,1-2H3,(H,25,28). The summed E-state index contributed by atoms with van der Waals surface area (Å²) in [5, 5.41) is 2.90. The molecule has 7 nitrogen and oxygen atoms in total. The fourth-order valence-corrected chi connectivity index (χ4v) is 4.34. The van der Waals surface area contributed by atoms with Crippen molar-refractivity contribution in [2.24, 2.45) is 5.92 Å². The van der Waals surface area contributed by atoms with E-state index in [4.69, 9.17) is 0 Å². The van der Waals surface area contributed by atoms with E-state index < -0.39 is 33.6 Å². The van der Waals surface area contributed by atoms with E-state index >= 15 is 0 Å². The Bertz CT molecular complexity index is 1120. The molecular formula is C22H25F2N3O4S. The van der Waals surface area contributed by atoms with Crippen LogP contribution in [0.1, 0.15) is 41.7 Å². The molecule has 32 heavy (non-hydrogen) atoms. The minimum Gasteiger partial charge on any atom is -0.349 e. The van der Waals surface area contributed by atoms with E-state index in [-0.39, 0.29) is 30.5 Å². The molecule has 2 amide bonds. The van der Waals surface area contributed by atoms with Crippen molar-refractivity contribution >= 4 is 27.5 Å². The lowest BCUT2D eigenvalue weighted by Crippen LogP contribution is -2.43. The average molecular weight is 466 g/mol. The Hall–Kier alpha value is -3.01. The van der Waals surface area contributed by atoms with Gasteiger partial charge in [-0.2, -0.15) is 0 Å². The van der Waals surface area contributed by atoms with E-state index in [9.17, 15) is 26.8 Å². The normalized spacial score (nSPS) is 15.8. The molecule has 0 saturated carbocycles. The first kappa shape index (κ1) is 23.6. The van der Waals surface area contributed by atoms with Gasteiger partial charge in [-0.25, -0.2) is 17.2 Å². The second-order valence-corrected chi connectivity index (χ2v) is 9.63. The van der Waals surface area contributed by atoms with Crippen molar-refractivity contribution in [2.75, 3.05) is 24.1 Å². The molecule has 1 heterocycles. The Balaban J connectivity index is 1.60. The van der Waals surface area contributed by atoms with Gasteiger partial charge in [-0.05, 0) is 43.5 Å². The smallest absolute Gasteiger partial charge is 0.256 e. The van der Waals surface area contributed by atoms with Gasteiger partial charge in [0.05, 0.1) is 23.5 Å². The predicted molar refractivity (Wildman–Crippen MR) is 116 cm³/mol. The highest BCUT2D eigenvalue weighted by molar-refractivity contribution is 7.92. The molecule has 1 aliphatic rings. The van der Waals surface area contributed by atoms with Crippen molar-refractivity contribution in [3.05, 3.63) is 65.2 Å². The monoisotopic (exact) mass is 465 g/mol. The van der Waals surface area contributed by atoms with Gasteiger partial charge in [0, 0.05) is 25.1 Å². The van der Waals surface area contributed by atoms with E-state index in [0.717, 1.165) is 18.4 Å². The largest absolute Gasteiger partial charge is 0.349 e. The topological polar surface area (TPSA) is 95.6 Å². The third-order valence-electron chi connectivity index (χ3n) is 5.40. The molecule has 0 spiro atoms. The minimum atomic E-state index is -3.47. The van der Waals surface area contributed by atoms with Gasteiger partial charge >= 0.3 is 0 Å². The third kappa shape index (κ3) is 5.82. The van der Waals surface area contributed by atoms with Gasteiger partial charge in [-0.1, -0.05) is 18.2 Å². The Labute approximate surface area is 185 Å². The van der Waals surface area contributed by atoms with Crippen LogP contribution < -0.4 is 10.0 Å². The summed E-state index contributed by atoms with van der Waals surface area (Å²) in [4.78, 5) is 26.7. The summed E-state index contributed by atoms with van der Waals surface area (Å²) in [5.41, 5.74) is 0.827. The van der Waals surface area contributed by atoms with Crippen LogP contribution in [0.4, 0.5) is 14.5 Å². The van der Waals surface area contributed by atoms with Crippen LogP contribution in [0, 0.1) is 17.6 Å². The fourth-order valence-electron chi connectivity index (χ4n) is 3.75. The lowest BCUT2D eigenvalue weighted by atomic mass is 9.94. The molecule has 1 aliphatic heterocycles. The van der Waals surface area contributed by atoms with Gasteiger partial charge in [-0.15, -0.1) is 0 Å². The molecule has 2 aromatic rings. The Morgan fingerprint density at radius 1 is 1.09 bits per heavy atom. The number of benzene rings is 2. The van der Waals surface area contributed by atoms with Crippen molar-refractivity contribution in [1.82, 2.24) is 10.2 Å². The van der Waals surface area contributed by atoms with Crippen LogP contribution in [0.3, 0.4) is 0 Å². The summed E-state index contributed by atoms with van der Waals surface area (Å²) in [6, 6.07) is 9.19. The highest BCUT2D eigenvalue weighted by Gasteiger charge is 2.30. The van der Waals surface area contributed by atoms with E-state index in [0.29, 0.717) is 30.2 Å². The van der Waals surface area contributed by atoms with Gasteiger partial charge in [0.25, 0.3) is 5.91 Å². The van der Waals surface area contributed by atoms with Crippen LogP contribution in [0.15, 0.2) is 42.5 Å². The Morgan fingerprint density at radius 2 is 1.75 bits per heavy atom. The summed E-state index contributed by atoms with van der Waals surface area (Å²) in [6.07, 6.45) is 1.85. The van der Waals surface area contributed by atoms with Gasteiger partial charge < -0.3 is 10.2 Å². The number of piperidine rings is 1. The number of amides is 2. The Morgan fingerprint density at radius 3 is 2.38 bits per heavy atom. The number of para-hydroxylation sites is 1. The number of rotatable bonds is 6. The number of sulfonamides is 1. The van der Waals surface area contributed by atoms with Gasteiger partial charge in [0.2, 0.25) is 15.9 Å². The second-order valence-electron chi connectivity index (χ2n) is 7.88. The molecule has 0 radical (unpaired) electrons. The predicted octanol–water partition coefficient (Wildman–Crippen LogP) is 3.07. The zero-order valence-corrected chi connectivity index (χ0v) is 18.6. The van der Waals surface area contributed by atoms with Crippen LogP contribution in [0.25, 0.3) is 0 Å². The SMILES string of the molecule is CC(NC(=O)C1CCN(C(=O)c2ccc(F)cc2F)CC1)c1ccccc1NS(C)(=O)=O. The van der Waals surface area contributed by atoms with Crippen molar-refractivity contribution in [1.29, 1.82) is 0 Å². The van der Waals surface area contributed by atoms with Crippen LogP contribution in [0.5, 0.6) is 0 Å². The first-order valence-electron chi connectivity index (χ1n) is 10.2. The molecule has 3 rings (SSSR count). The number of anilines is 1. The van der Waals surface area contributed by atoms with E-state index in [2.05, 4.69) is 10.0 Å². The first-order valence-corrected chi connectivity index (χ1v) is 12.1. The number of carbonyl (C=O) groups is 2. The van der Waals surface area contributed by atoms with E-state index in [1.54, 1.807) is 31.2 Å². The maximum atomic E-state index is 13.9. The molecule has 10 heteroatoms. The second kappa shape index (κ2) is 9.64. The number of hydrogen-bond acceptors (Lipinski definition) is 4. The maximum absolute atomic E-state index is 13.9. The molecular weight excluding hydrogens is 440 g/mol. The summed E-state index contributed by atoms with van der Waals surface area (Å²) in [6.45, 7) is 2.30. The summed E-state index contributed by atoms with van der Waals surface area (Å²) >= 11 is 0. The molecule has 0 bridgehead atoms. The van der Waals surface area contributed by atoms with Crippen LogP contribution in [-0.2, 0) is 14.8 Å². The van der Waals surface area contributed by atoms with Crippen LogP contribution >= 0.6 is 0 Å².